The van der Waals surface area contributed by atoms with Gasteiger partial charge < -0.3 is 25.4 Å². The van der Waals surface area contributed by atoms with Crippen LogP contribution in [0.5, 0.6) is 0 Å². The first-order valence-electron chi connectivity index (χ1n) is 9.12. The number of aliphatic hydroxyl groups excluding tert-OH is 1. The van der Waals surface area contributed by atoms with Gasteiger partial charge >= 0.3 is 6.09 Å². The molecule has 1 aliphatic heterocycles. The van der Waals surface area contributed by atoms with Crippen LogP contribution in [0.2, 0.25) is 0 Å². The highest BCUT2D eigenvalue weighted by Gasteiger charge is 2.34. The highest BCUT2D eigenvalue weighted by Crippen LogP contribution is 2.15. The van der Waals surface area contributed by atoms with Crippen LogP contribution < -0.4 is 10.6 Å². The Balaban J connectivity index is 1.89. The average Bonchev–Trinajstić information content (AvgIpc) is 2.54. The summed E-state index contributed by atoms with van der Waals surface area (Å²) in [6, 6.07) is 4.68. The number of nitrogens with one attached hydrogen (secondary N) is 2. The quantitative estimate of drug-likeness (QED) is 0.537. The number of ether oxygens (including phenoxy) is 1. The van der Waals surface area contributed by atoms with E-state index in [-0.39, 0.29) is 24.3 Å². The number of rotatable bonds is 5. The Bertz CT molecular complexity index is 682. The summed E-state index contributed by atoms with van der Waals surface area (Å²) in [4.78, 5) is 18.1. The van der Waals surface area contributed by atoms with Crippen molar-refractivity contribution in [3.05, 3.63) is 35.1 Å². The Morgan fingerprint density at radius 1 is 1.41 bits per heavy atom. The van der Waals surface area contributed by atoms with E-state index < -0.39 is 11.4 Å². The molecule has 7 nitrogen and oxygen atoms in total. The van der Waals surface area contributed by atoms with Crippen LogP contribution in [0.3, 0.4) is 0 Å². The van der Waals surface area contributed by atoms with E-state index in [2.05, 4.69) is 15.6 Å². The van der Waals surface area contributed by atoms with Crippen LogP contribution in [0.15, 0.2) is 23.2 Å². The van der Waals surface area contributed by atoms with Crippen LogP contribution in [0, 0.1) is 5.82 Å². The van der Waals surface area contributed by atoms with E-state index in [1.807, 2.05) is 27.7 Å². The van der Waals surface area contributed by atoms with Gasteiger partial charge in [0.05, 0.1) is 19.2 Å². The normalized spacial score (nSPS) is 15.3. The molecule has 150 valence electrons. The maximum Gasteiger partial charge on any atom is 0.410 e. The van der Waals surface area contributed by atoms with E-state index >= 15 is 0 Å². The van der Waals surface area contributed by atoms with E-state index in [1.54, 1.807) is 17.0 Å². The molecular formula is C19H29FN4O3. The summed E-state index contributed by atoms with van der Waals surface area (Å²) < 4.78 is 18.8. The van der Waals surface area contributed by atoms with Gasteiger partial charge in [-0.3, -0.25) is 0 Å². The minimum atomic E-state index is -0.505. The Labute approximate surface area is 159 Å². The molecule has 3 N–H and O–H groups in total. The number of benzene rings is 1. The van der Waals surface area contributed by atoms with Gasteiger partial charge in [0.25, 0.3) is 0 Å². The van der Waals surface area contributed by atoms with Crippen molar-refractivity contribution in [2.45, 2.75) is 52.5 Å². The minimum Gasteiger partial charge on any atom is -0.444 e. The van der Waals surface area contributed by atoms with Crippen LogP contribution in [-0.2, 0) is 17.9 Å². The second-order valence-corrected chi connectivity index (χ2v) is 7.51. The number of hydrogen-bond acceptors (Lipinski definition) is 4. The van der Waals surface area contributed by atoms with E-state index in [1.165, 1.54) is 6.07 Å². The maximum absolute atomic E-state index is 13.5. The molecule has 0 atom stereocenters. The molecule has 0 aliphatic carbocycles. The molecule has 0 bridgehead atoms. The van der Waals surface area contributed by atoms with Gasteiger partial charge in [0, 0.05) is 25.2 Å². The number of carbonyl (C=O) groups is 1. The van der Waals surface area contributed by atoms with Crippen LogP contribution >= 0.6 is 0 Å². The molecule has 1 aromatic rings. The topological polar surface area (TPSA) is 86.2 Å². The first-order valence-corrected chi connectivity index (χ1v) is 9.12. The van der Waals surface area contributed by atoms with Crippen molar-refractivity contribution in [1.82, 2.24) is 15.5 Å². The predicted octanol–water partition coefficient (Wildman–Crippen LogP) is 1.99. The highest BCUT2D eigenvalue weighted by atomic mass is 19.1. The fourth-order valence-electron chi connectivity index (χ4n) is 2.58. The van der Waals surface area contributed by atoms with E-state index in [0.29, 0.717) is 32.1 Å². The van der Waals surface area contributed by atoms with Crippen molar-refractivity contribution >= 4 is 12.1 Å². The first-order chi connectivity index (χ1) is 12.7. The number of aliphatic hydroxyl groups is 1. The van der Waals surface area contributed by atoms with Crippen LogP contribution in [0.25, 0.3) is 0 Å². The third-order valence-corrected chi connectivity index (χ3v) is 3.92. The smallest absolute Gasteiger partial charge is 0.410 e. The lowest BCUT2D eigenvalue weighted by atomic mass is 10.1. The molecule has 1 aromatic carbocycles. The number of hydrogen-bond donors (Lipinski definition) is 3. The Morgan fingerprint density at radius 3 is 2.70 bits per heavy atom. The summed E-state index contributed by atoms with van der Waals surface area (Å²) in [5.41, 5.74) is 0.559. The molecule has 2 rings (SSSR count). The van der Waals surface area contributed by atoms with Gasteiger partial charge in [-0.2, -0.15) is 0 Å². The van der Waals surface area contributed by atoms with E-state index in [0.717, 1.165) is 5.56 Å². The van der Waals surface area contributed by atoms with Crippen molar-refractivity contribution in [2.24, 2.45) is 4.99 Å². The molecule has 1 amide bonds. The zero-order valence-corrected chi connectivity index (χ0v) is 16.4. The Morgan fingerprint density at radius 2 is 2.11 bits per heavy atom. The fourth-order valence-corrected chi connectivity index (χ4v) is 2.58. The first kappa shape index (κ1) is 21.0. The number of amides is 1. The molecule has 1 aliphatic rings. The summed E-state index contributed by atoms with van der Waals surface area (Å²) in [6.45, 7) is 9.28. The summed E-state index contributed by atoms with van der Waals surface area (Å²) >= 11 is 0. The largest absolute Gasteiger partial charge is 0.444 e. The maximum atomic E-state index is 13.5. The molecule has 0 saturated carbocycles. The molecule has 0 unspecified atom stereocenters. The van der Waals surface area contributed by atoms with Crippen molar-refractivity contribution < 1.29 is 19.0 Å². The van der Waals surface area contributed by atoms with Gasteiger partial charge in [0.2, 0.25) is 0 Å². The van der Waals surface area contributed by atoms with Crippen molar-refractivity contribution in [3.63, 3.8) is 0 Å². The number of guanidine groups is 1. The van der Waals surface area contributed by atoms with Gasteiger partial charge in [-0.25, -0.2) is 14.2 Å². The summed E-state index contributed by atoms with van der Waals surface area (Å²) in [5, 5.41) is 15.6. The third-order valence-electron chi connectivity index (χ3n) is 3.92. The highest BCUT2D eigenvalue weighted by molar-refractivity contribution is 5.80. The van der Waals surface area contributed by atoms with Crippen LogP contribution in [0.1, 0.15) is 38.8 Å². The predicted molar refractivity (Wildman–Crippen MR) is 102 cm³/mol. The Kier molecular flexibility index (Phi) is 7.01. The number of nitrogens with zero attached hydrogens (tertiary/aromatic N) is 2. The number of carbonyl (C=O) groups excluding carboxylic acids is 1. The lowest BCUT2D eigenvalue weighted by Crippen LogP contribution is -2.63. The van der Waals surface area contributed by atoms with Gasteiger partial charge in [0.15, 0.2) is 5.96 Å². The number of aliphatic imine (C=N–C) groups is 1. The van der Waals surface area contributed by atoms with Crippen LogP contribution in [0.4, 0.5) is 9.18 Å². The molecule has 1 fully saturated rings. The molecular weight excluding hydrogens is 351 g/mol. The molecule has 27 heavy (non-hydrogen) atoms. The summed E-state index contributed by atoms with van der Waals surface area (Å²) in [5.74, 6) is 0.202. The minimum absolute atomic E-state index is 0.0940. The number of likely N-dealkylation sites (tertiary alicyclic amines) is 1. The van der Waals surface area contributed by atoms with E-state index in [4.69, 9.17) is 9.84 Å². The summed E-state index contributed by atoms with van der Waals surface area (Å²) in [7, 11) is 0. The zero-order valence-electron chi connectivity index (χ0n) is 16.4. The average molecular weight is 380 g/mol. The lowest BCUT2D eigenvalue weighted by Gasteiger charge is -2.40. The van der Waals surface area contributed by atoms with Crippen LogP contribution in [-0.4, -0.2) is 53.3 Å². The van der Waals surface area contributed by atoms with Crippen molar-refractivity contribution in [1.29, 1.82) is 0 Å². The molecule has 1 heterocycles. The van der Waals surface area contributed by atoms with E-state index in [9.17, 15) is 9.18 Å². The van der Waals surface area contributed by atoms with Gasteiger partial charge in [-0.05, 0) is 45.4 Å². The Hall–Kier alpha value is -2.35. The molecule has 8 heteroatoms. The molecule has 1 saturated heterocycles. The van der Waals surface area contributed by atoms with Gasteiger partial charge in [-0.15, -0.1) is 0 Å². The SMILES string of the molecule is CCNC(=NCc1ccc(F)c(CO)c1)NC1CN(C(=O)OC(C)(C)C)C1. The molecule has 0 spiro atoms. The molecule has 0 radical (unpaired) electrons. The van der Waals surface area contributed by atoms with Crippen molar-refractivity contribution in [2.75, 3.05) is 19.6 Å². The fraction of sp³-hybridized carbons (Fsp3) is 0.579. The standard InChI is InChI=1S/C19H29FN4O3/c1-5-21-17(22-9-13-6-7-16(20)14(8-13)12-25)23-15-10-24(11-15)18(26)27-19(2,3)4/h6-8,15,25H,5,9-12H2,1-4H3,(H2,21,22,23). The monoisotopic (exact) mass is 380 g/mol. The lowest BCUT2D eigenvalue weighted by molar-refractivity contribution is 0.00700. The second-order valence-electron chi connectivity index (χ2n) is 7.51. The number of halogens is 1. The van der Waals surface area contributed by atoms with Gasteiger partial charge in [0.1, 0.15) is 11.4 Å². The molecule has 0 aromatic heterocycles. The van der Waals surface area contributed by atoms with Crippen molar-refractivity contribution in [3.8, 4) is 0 Å². The third kappa shape index (κ3) is 6.39. The zero-order chi connectivity index (χ0) is 20.0. The summed E-state index contributed by atoms with van der Waals surface area (Å²) in [6.07, 6.45) is -0.315. The second kappa shape index (κ2) is 9.03. The van der Waals surface area contributed by atoms with Gasteiger partial charge in [-0.1, -0.05) is 6.07 Å².